The Hall–Kier alpha value is -2.09. The molecule has 0 atom stereocenters. The number of alkyl halides is 2. The van der Waals surface area contributed by atoms with Gasteiger partial charge in [-0.2, -0.15) is 8.78 Å². The van der Waals surface area contributed by atoms with E-state index in [-0.39, 0.29) is 28.7 Å². The molecule has 0 saturated heterocycles. The zero-order chi connectivity index (χ0) is 19.6. The third-order valence-corrected chi connectivity index (χ3v) is 4.63. The topological polar surface area (TPSA) is 68.8 Å². The number of ether oxygens (including phenoxy) is 3. The number of nitrogens with one attached hydrogen (secondary N) is 2. The van der Waals surface area contributed by atoms with Crippen LogP contribution in [0.3, 0.4) is 0 Å². The van der Waals surface area contributed by atoms with E-state index in [1.807, 2.05) is 0 Å². The molecule has 0 heterocycles. The first-order valence-electron chi connectivity index (χ1n) is 9.27. The van der Waals surface area contributed by atoms with Gasteiger partial charge in [0, 0.05) is 24.7 Å². The molecule has 0 aromatic heterocycles. The number of hydrogen-bond donors (Lipinski definition) is 2. The molecule has 0 radical (unpaired) electrons. The SMILES string of the molecule is COc1cc(C(=O)NCCNC2CCCCCC2)cc(OC)c1OC(F)F. The third kappa shape index (κ3) is 6.53. The van der Waals surface area contributed by atoms with Crippen LogP contribution in [0.25, 0.3) is 0 Å². The van der Waals surface area contributed by atoms with Gasteiger partial charge < -0.3 is 24.8 Å². The summed E-state index contributed by atoms with van der Waals surface area (Å²) in [7, 11) is 2.62. The van der Waals surface area contributed by atoms with E-state index in [0.29, 0.717) is 19.1 Å². The molecule has 0 unspecified atom stereocenters. The van der Waals surface area contributed by atoms with Crippen molar-refractivity contribution in [3.63, 3.8) is 0 Å². The lowest BCUT2D eigenvalue weighted by atomic mass is 10.1. The van der Waals surface area contributed by atoms with Crippen molar-refractivity contribution in [2.24, 2.45) is 0 Å². The van der Waals surface area contributed by atoms with Crippen molar-refractivity contribution >= 4 is 5.91 Å². The summed E-state index contributed by atoms with van der Waals surface area (Å²) in [5.41, 5.74) is 0.250. The number of rotatable bonds is 9. The summed E-state index contributed by atoms with van der Waals surface area (Å²) < 4.78 is 39.7. The zero-order valence-corrected chi connectivity index (χ0v) is 15.9. The average Bonchev–Trinajstić information content (AvgIpc) is 2.93. The highest BCUT2D eigenvalue weighted by atomic mass is 19.3. The Kier molecular flexibility index (Phi) is 8.57. The van der Waals surface area contributed by atoms with Crippen LogP contribution in [0.2, 0.25) is 0 Å². The first kappa shape index (κ1) is 21.2. The minimum Gasteiger partial charge on any atom is -0.493 e. The summed E-state index contributed by atoms with van der Waals surface area (Å²) in [6.07, 6.45) is 7.43. The molecule has 1 aliphatic rings. The Morgan fingerprint density at radius 3 is 2.19 bits per heavy atom. The smallest absolute Gasteiger partial charge is 0.387 e. The van der Waals surface area contributed by atoms with Crippen LogP contribution in [0.4, 0.5) is 8.78 Å². The van der Waals surface area contributed by atoms with Gasteiger partial charge in [0.05, 0.1) is 14.2 Å². The van der Waals surface area contributed by atoms with Gasteiger partial charge in [-0.3, -0.25) is 4.79 Å². The second-order valence-corrected chi connectivity index (χ2v) is 6.49. The largest absolute Gasteiger partial charge is 0.493 e. The molecule has 6 nitrogen and oxygen atoms in total. The Balaban J connectivity index is 1.92. The highest BCUT2D eigenvalue weighted by Gasteiger charge is 2.20. The minimum absolute atomic E-state index is 0.0105. The summed E-state index contributed by atoms with van der Waals surface area (Å²) in [5.74, 6) is -0.549. The Morgan fingerprint density at radius 2 is 1.67 bits per heavy atom. The zero-order valence-electron chi connectivity index (χ0n) is 15.9. The van der Waals surface area contributed by atoms with E-state index in [9.17, 15) is 13.6 Å². The molecule has 1 aromatic carbocycles. The second kappa shape index (κ2) is 10.9. The fraction of sp³-hybridized carbons (Fsp3) is 0.632. The molecule has 0 spiro atoms. The third-order valence-electron chi connectivity index (χ3n) is 4.63. The van der Waals surface area contributed by atoms with Crippen LogP contribution in [-0.2, 0) is 0 Å². The average molecular weight is 386 g/mol. The molecule has 1 amide bonds. The van der Waals surface area contributed by atoms with Crippen LogP contribution in [-0.4, -0.2) is 45.9 Å². The first-order chi connectivity index (χ1) is 13.0. The molecular formula is C19H28F2N2O4. The molecule has 27 heavy (non-hydrogen) atoms. The number of carbonyl (C=O) groups is 1. The number of hydrogen-bond acceptors (Lipinski definition) is 5. The van der Waals surface area contributed by atoms with E-state index < -0.39 is 6.61 Å². The summed E-state index contributed by atoms with van der Waals surface area (Å²) in [4.78, 5) is 12.4. The lowest BCUT2D eigenvalue weighted by Gasteiger charge is -2.17. The quantitative estimate of drug-likeness (QED) is 0.503. The van der Waals surface area contributed by atoms with Crippen molar-refractivity contribution in [3.8, 4) is 17.2 Å². The van der Waals surface area contributed by atoms with Crippen molar-refractivity contribution in [1.29, 1.82) is 0 Å². The van der Waals surface area contributed by atoms with Crippen molar-refractivity contribution in [2.75, 3.05) is 27.3 Å². The molecule has 152 valence electrons. The maximum Gasteiger partial charge on any atom is 0.387 e. The lowest BCUT2D eigenvalue weighted by molar-refractivity contribution is -0.0526. The van der Waals surface area contributed by atoms with Gasteiger partial charge in [0.15, 0.2) is 11.5 Å². The summed E-state index contributed by atoms with van der Waals surface area (Å²) in [6, 6.07) is 3.22. The van der Waals surface area contributed by atoms with Crippen LogP contribution in [0.15, 0.2) is 12.1 Å². The highest BCUT2D eigenvalue weighted by Crippen LogP contribution is 2.39. The molecule has 0 aliphatic heterocycles. The van der Waals surface area contributed by atoms with E-state index in [0.717, 1.165) is 0 Å². The van der Waals surface area contributed by atoms with Crippen molar-refractivity contribution in [2.45, 2.75) is 51.2 Å². The fourth-order valence-corrected chi connectivity index (χ4v) is 3.25. The number of amides is 1. The van der Waals surface area contributed by atoms with E-state index >= 15 is 0 Å². The molecule has 2 N–H and O–H groups in total. The van der Waals surface area contributed by atoms with Crippen molar-refractivity contribution in [1.82, 2.24) is 10.6 Å². The molecular weight excluding hydrogens is 358 g/mol. The fourth-order valence-electron chi connectivity index (χ4n) is 3.25. The molecule has 0 bridgehead atoms. The normalized spacial score (nSPS) is 15.3. The summed E-state index contributed by atoms with van der Waals surface area (Å²) in [5, 5.41) is 6.29. The van der Waals surface area contributed by atoms with Gasteiger partial charge in [-0.15, -0.1) is 0 Å². The van der Waals surface area contributed by atoms with Crippen LogP contribution < -0.4 is 24.8 Å². The maximum absolute atomic E-state index is 12.6. The van der Waals surface area contributed by atoms with Gasteiger partial charge in [-0.1, -0.05) is 25.7 Å². The molecule has 2 rings (SSSR count). The van der Waals surface area contributed by atoms with E-state index in [2.05, 4.69) is 15.4 Å². The van der Waals surface area contributed by atoms with E-state index in [1.54, 1.807) is 0 Å². The lowest BCUT2D eigenvalue weighted by Crippen LogP contribution is -2.36. The summed E-state index contributed by atoms with van der Waals surface area (Å²) >= 11 is 0. The summed E-state index contributed by atoms with van der Waals surface area (Å²) in [6.45, 7) is -1.88. The van der Waals surface area contributed by atoms with Gasteiger partial charge in [0.25, 0.3) is 5.91 Å². The monoisotopic (exact) mass is 386 g/mol. The van der Waals surface area contributed by atoms with Crippen molar-refractivity contribution < 1.29 is 27.8 Å². The minimum atomic E-state index is -3.03. The molecule has 1 fully saturated rings. The Labute approximate surface area is 158 Å². The van der Waals surface area contributed by atoms with E-state index in [1.165, 1.54) is 64.9 Å². The van der Waals surface area contributed by atoms with Crippen molar-refractivity contribution in [3.05, 3.63) is 17.7 Å². The van der Waals surface area contributed by atoms with Gasteiger partial charge in [0.1, 0.15) is 0 Å². The van der Waals surface area contributed by atoms with Crippen LogP contribution in [0, 0.1) is 0 Å². The van der Waals surface area contributed by atoms with Crippen LogP contribution in [0.1, 0.15) is 48.9 Å². The predicted octanol–water partition coefficient (Wildman–Crippen LogP) is 3.35. The highest BCUT2D eigenvalue weighted by molar-refractivity contribution is 5.95. The van der Waals surface area contributed by atoms with Crippen LogP contribution >= 0.6 is 0 Å². The molecule has 1 aliphatic carbocycles. The number of halogens is 2. The standard InChI is InChI=1S/C19H28F2N2O4/c1-25-15-11-13(12-16(26-2)17(15)27-19(20)21)18(24)23-10-9-22-14-7-5-3-4-6-8-14/h11-12,14,19,22H,3-10H2,1-2H3,(H,23,24). The molecule has 1 saturated carbocycles. The van der Waals surface area contributed by atoms with Gasteiger partial charge in [0.2, 0.25) is 5.75 Å². The maximum atomic E-state index is 12.6. The number of carbonyl (C=O) groups excluding carboxylic acids is 1. The van der Waals surface area contributed by atoms with Gasteiger partial charge in [-0.25, -0.2) is 0 Å². The molecule has 1 aromatic rings. The van der Waals surface area contributed by atoms with E-state index in [4.69, 9.17) is 9.47 Å². The number of benzene rings is 1. The predicted molar refractivity (Wildman–Crippen MR) is 98.0 cm³/mol. The van der Waals surface area contributed by atoms with Gasteiger partial charge in [-0.05, 0) is 25.0 Å². The van der Waals surface area contributed by atoms with Gasteiger partial charge >= 0.3 is 6.61 Å². The van der Waals surface area contributed by atoms with Crippen LogP contribution in [0.5, 0.6) is 17.2 Å². The number of methoxy groups -OCH3 is 2. The Bertz CT molecular complexity index is 580. The first-order valence-corrected chi connectivity index (χ1v) is 9.27. The molecule has 8 heteroatoms. The Morgan fingerprint density at radius 1 is 1.07 bits per heavy atom. The second-order valence-electron chi connectivity index (χ2n) is 6.49.